The molecule has 0 aromatic heterocycles. The van der Waals surface area contributed by atoms with Gasteiger partial charge in [0.25, 0.3) is 0 Å². The number of hydrogen-bond acceptors (Lipinski definition) is 7. The second kappa shape index (κ2) is 7.29. The molecule has 3 aliphatic rings. The molecule has 2 amide bonds. The maximum atomic E-state index is 12.3. The van der Waals surface area contributed by atoms with Crippen LogP contribution in [0.1, 0.15) is 25.7 Å². The number of thioether (sulfide) groups is 2. The lowest BCUT2D eigenvalue weighted by Crippen LogP contribution is -2.43. The molecule has 3 fully saturated rings. The molecule has 1 N–H and O–H groups in total. The first kappa shape index (κ1) is 16.9. The number of rotatable bonds is 5. The van der Waals surface area contributed by atoms with E-state index in [2.05, 4.69) is 10.5 Å². The van der Waals surface area contributed by atoms with Gasteiger partial charge >= 0.3 is 6.09 Å². The fourth-order valence-electron chi connectivity index (χ4n) is 2.77. The molecule has 23 heavy (non-hydrogen) atoms. The van der Waals surface area contributed by atoms with Crippen LogP contribution in [0.4, 0.5) is 4.79 Å². The van der Waals surface area contributed by atoms with Gasteiger partial charge in [-0.15, -0.1) is 28.4 Å². The van der Waals surface area contributed by atoms with E-state index in [1.165, 1.54) is 4.90 Å². The van der Waals surface area contributed by atoms with E-state index in [1.807, 2.05) is 23.5 Å². The molecule has 9 heteroatoms. The summed E-state index contributed by atoms with van der Waals surface area (Å²) in [5.41, 5.74) is 0. The van der Waals surface area contributed by atoms with Gasteiger partial charge in [-0.1, -0.05) is 0 Å². The number of hydrogen-bond donors (Lipinski definition) is 1. The Kier molecular flexibility index (Phi) is 5.35. The normalized spacial score (nSPS) is 26.1. The van der Waals surface area contributed by atoms with Crippen LogP contribution in [0.25, 0.3) is 0 Å². The van der Waals surface area contributed by atoms with Crippen molar-refractivity contribution in [2.75, 3.05) is 31.2 Å². The molecule has 2 aliphatic heterocycles. The Morgan fingerprint density at radius 2 is 2.04 bits per heavy atom. The van der Waals surface area contributed by atoms with E-state index < -0.39 is 12.3 Å². The number of alkyl carbamates (subject to hydrolysis) is 1. The largest absolute Gasteiger partial charge is 0.449 e. The zero-order chi connectivity index (χ0) is 16.3. The third-order valence-electron chi connectivity index (χ3n) is 4.26. The van der Waals surface area contributed by atoms with Gasteiger partial charge in [0.05, 0.1) is 10.7 Å². The monoisotopic (exact) mass is 359 g/mol. The van der Waals surface area contributed by atoms with Crippen LogP contribution >= 0.6 is 23.5 Å². The van der Waals surface area contributed by atoms with E-state index in [-0.39, 0.29) is 16.5 Å². The van der Waals surface area contributed by atoms with Gasteiger partial charge < -0.3 is 15.0 Å². The molecule has 0 bridgehead atoms. The summed E-state index contributed by atoms with van der Waals surface area (Å²) in [6.45, 7) is 0.774. The van der Waals surface area contributed by atoms with Crippen LogP contribution in [0.3, 0.4) is 0 Å². The van der Waals surface area contributed by atoms with Gasteiger partial charge in [-0.05, 0) is 41.9 Å². The Hall–Kier alpha value is -0.960. The molecule has 1 spiro atoms. The van der Waals surface area contributed by atoms with Crippen molar-refractivity contribution in [1.82, 2.24) is 10.2 Å². The van der Waals surface area contributed by atoms with Crippen molar-refractivity contribution < 1.29 is 14.3 Å². The Morgan fingerprint density at radius 3 is 2.70 bits per heavy atom. The van der Waals surface area contributed by atoms with E-state index >= 15 is 0 Å². The van der Waals surface area contributed by atoms with Crippen molar-refractivity contribution in [3.05, 3.63) is 4.91 Å². The smallest absolute Gasteiger partial charge is 0.407 e. The molecule has 1 aliphatic carbocycles. The Bertz CT molecular complexity index is 481. The lowest BCUT2D eigenvalue weighted by atomic mass is 10.3. The summed E-state index contributed by atoms with van der Waals surface area (Å²) < 4.78 is 4.92. The Balaban J connectivity index is 1.48. The minimum absolute atomic E-state index is 0.112. The van der Waals surface area contributed by atoms with Gasteiger partial charge in [0.2, 0.25) is 5.91 Å². The van der Waals surface area contributed by atoms with E-state index in [0.29, 0.717) is 25.5 Å². The summed E-state index contributed by atoms with van der Waals surface area (Å²) in [7, 11) is 0. The highest BCUT2D eigenvalue weighted by molar-refractivity contribution is 8.18. The van der Waals surface area contributed by atoms with Crippen LogP contribution in [0.15, 0.2) is 5.18 Å². The van der Waals surface area contributed by atoms with Crippen molar-refractivity contribution in [1.29, 1.82) is 0 Å². The highest BCUT2D eigenvalue weighted by Gasteiger charge is 2.48. The Morgan fingerprint density at radius 1 is 1.30 bits per heavy atom. The molecule has 1 atom stereocenters. The molecule has 2 saturated heterocycles. The first-order valence-corrected chi connectivity index (χ1v) is 9.89. The topological polar surface area (TPSA) is 88.1 Å². The lowest BCUT2D eigenvalue weighted by Gasteiger charge is -2.31. The summed E-state index contributed by atoms with van der Waals surface area (Å²) in [6, 6.07) is 0. The molecular formula is C14H21N3O4S2. The lowest BCUT2D eigenvalue weighted by molar-refractivity contribution is -0.130. The number of nitrogens with one attached hydrogen (secondary N) is 1. The van der Waals surface area contributed by atoms with Crippen LogP contribution < -0.4 is 5.32 Å². The molecule has 7 nitrogen and oxygen atoms in total. The highest BCUT2D eigenvalue weighted by Crippen LogP contribution is 2.50. The maximum Gasteiger partial charge on any atom is 0.407 e. The van der Waals surface area contributed by atoms with Gasteiger partial charge in [0.1, 0.15) is 6.54 Å². The molecule has 0 unspecified atom stereocenters. The minimum atomic E-state index is -0.634. The van der Waals surface area contributed by atoms with Crippen LogP contribution in [0, 0.1) is 10.8 Å². The summed E-state index contributed by atoms with van der Waals surface area (Å²) in [4.78, 5) is 36.5. The Labute approximate surface area is 143 Å². The van der Waals surface area contributed by atoms with Crippen LogP contribution in [0.2, 0.25) is 0 Å². The average molecular weight is 359 g/mol. The van der Waals surface area contributed by atoms with E-state index in [1.54, 1.807) is 0 Å². The summed E-state index contributed by atoms with van der Waals surface area (Å²) in [5.74, 6) is 2.30. The van der Waals surface area contributed by atoms with E-state index in [0.717, 1.165) is 30.8 Å². The number of nitroso groups, excluding NO2 is 1. The first-order valence-electron chi connectivity index (χ1n) is 7.92. The van der Waals surface area contributed by atoms with Crippen LogP contribution in [0.5, 0.6) is 0 Å². The molecule has 1 saturated carbocycles. The fourth-order valence-corrected chi connectivity index (χ4v) is 6.10. The quantitative estimate of drug-likeness (QED) is 0.756. The van der Waals surface area contributed by atoms with Gasteiger partial charge in [-0.3, -0.25) is 4.79 Å². The minimum Gasteiger partial charge on any atom is -0.449 e. The third-order valence-corrected chi connectivity index (χ3v) is 7.59. The number of amides is 2. The highest BCUT2D eigenvalue weighted by atomic mass is 32.2. The molecule has 128 valence electrons. The summed E-state index contributed by atoms with van der Waals surface area (Å²) in [5, 5.41) is 5.59. The standard InChI is InChI=1S/C14H21N3O4S2/c18-12(7-15-13(19)21-8-10-2-3-10)17-9-14(6-11(17)16-20)22-4-1-5-23-14/h10-11H,1-9H2,(H,15,19)/t11-/m0/s1. The predicted molar refractivity (Wildman–Crippen MR) is 90.3 cm³/mol. The van der Waals surface area contributed by atoms with Crippen LogP contribution in [-0.2, 0) is 9.53 Å². The molecule has 2 heterocycles. The van der Waals surface area contributed by atoms with Crippen molar-refractivity contribution in [2.24, 2.45) is 11.1 Å². The number of ether oxygens (including phenoxy) is 1. The van der Waals surface area contributed by atoms with Gasteiger partial charge in [0.15, 0.2) is 6.17 Å². The third kappa shape index (κ3) is 4.32. The molecule has 0 radical (unpaired) electrons. The van der Waals surface area contributed by atoms with E-state index in [4.69, 9.17) is 4.74 Å². The summed E-state index contributed by atoms with van der Waals surface area (Å²) >= 11 is 3.63. The zero-order valence-electron chi connectivity index (χ0n) is 12.9. The van der Waals surface area contributed by atoms with Gasteiger partial charge in [-0.25, -0.2) is 4.79 Å². The van der Waals surface area contributed by atoms with Crippen molar-refractivity contribution in [2.45, 2.75) is 35.9 Å². The molecule has 0 aromatic carbocycles. The van der Waals surface area contributed by atoms with E-state index in [9.17, 15) is 14.5 Å². The SMILES string of the molecule is O=N[C@@H]1CC2(CN1C(=O)CNC(=O)OCC1CC1)SCCCS2. The van der Waals surface area contributed by atoms with Crippen molar-refractivity contribution >= 4 is 35.5 Å². The first-order chi connectivity index (χ1) is 11.1. The fraction of sp³-hybridized carbons (Fsp3) is 0.857. The second-order valence-electron chi connectivity index (χ2n) is 6.17. The number of carbonyl (C=O) groups is 2. The second-order valence-corrected chi connectivity index (χ2v) is 9.38. The molecule has 3 rings (SSSR count). The number of nitrogens with zero attached hydrogens (tertiary/aromatic N) is 2. The predicted octanol–water partition coefficient (Wildman–Crippen LogP) is 2.01. The van der Waals surface area contributed by atoms with Crippen LogP contribution in [-0.4, -0.2) is 58.3 Å². The van der Waals surface area contributed by atoms with Crippen molar-refractivity contribution in [3.8, 4) is 0 Å². The number of likely N-dealkylation sites (tertiary alicyclic amines) is 1. The number of carbonyl (C=O) groups excluding carboxylic acids is 2. The van der Waals surface area contributed by atoms with Gasteiger partial charge in [-0.2, -0.15) is 0 Å². The average Bonchev–Trinajstić information content (AvgIpc) is 3.33. The molecule has 0 aromatic rings. The van der Waals surface area contributed by atoms with Crippen molar-refractivity contribution in [3.63, 3.8) is 0 Å². The molecular weight excluding hydrogens is 338 g/mol. The summed E-state index contributed by atoms with van der Waals surface area (Å²) in [6.07, 6.45) is 2.73. The van der Waals surface area contributed by atoms with Gasteiger partial charge in [0, 0.05) is 13.0 Å². The maximum absolute atomic E-state index is 12.3. The zero-order valence-corrected chi connectivity index (χ0v) is 14.5.